The van der Waals surface area contributed by atoms with E-state index in [2.05, 4.69) is 5.32 Å². The van der Waals surface area contributed by atoms with E-state index < -0.39 is 23.3 Å². The lowest BCUT2D eigenvalue weighted by atomic mass is 10.1. The number of hydrogen-bond donors (Lipinski definition) is 2. The van der Waals surface area contributed by atoms with E-state index in [4.69, 9.17) is 4.74 Å². The third kappa shape index (κ3) is 7.87. The maximum Gasteiger partial charge on any atom is 0.411 e. The van der Waals surface area contributed by atoms with Gasteiger partial charge in [-0.3, -0.25) is 9.69 Å². The first-order chi connectivity index (χ1) is 11.9. The van der Waals surface area contributed by atoms with E-state index in [1.807, 2.05) is 51.1 Å². The number of rotatable bonds is 6. The highest BCUT2D eigenvalue weighted by atomic mass is 16.6. The predicted molar refractivity (Wildman–Crippen MR) is 102 cm³/mol. The molecular weight excluding hydrogens is 332 g/mol. The van der Waals surface area contributed by atoms with Crippen LogP contribution in [0.15, 0.2) is 30.3 Å². The van der Waals surface area contributed by atoms with Crippen molar-refractivity contribution in [2.24, 2.45) is 0 Å². The second-order valence-corrected chi connectivity index (χ2v) is 8.37. The third-order valence-electron chi connectivity index (χ3n) is 3.64. The van der Waals surface area contributed by atoms with Crippen molar-refractivity contribution in [2.75, 3.05) is 13.2 Å². The van der Waals surface area contributed by atoms with Crippen LogP contribution in [0.5, 0.6) is 0 Å². The Bertz CT molecular complexity index is 588. The normalized spacial score (nSPS) is 13.0. The van der Waals surface area contributed by atoms with Crippen LogP contribution in [0.1, 0.15) is 47.1 Å². The second-order valence-electron chi connectivity index (χ2n) is 8.37. The van der Waals surface area contributed by atoms with Gasteiger partial charge in [-0.1, -0.05) is 30.3 Å². The molecule has 6 heteroatoms. The number of amides is 2. The monoisotopic (exact) mass is 364 g/mol. The van der Waals surface area contributed by atoms with Crippen LogP contribution in [0.3, 0.4) is 0 Å². The van der Waals surface area contributed by atoms with Crippen LogP contribution >= 0.6 is 0 Å². The largest absolute Gasteiger partial charge is 0.444 e. The Morgan fingerprint density at radius 2 is 1.69 bits per heavy atom. The van der Waals surface area contributed by atoms with Gasteiger partial charge in [-0.2, -0.15) is 0 Å². The maximum absolute atomic E-state index is 12.5. The second kappa shape index (κ2) is 9.03. The minimum absolute atomic E-state index is 0.135. The molecule has 1 rings (SSSR count). The number of hydrogen-bond acceptors (Lipinski definition) is 4. The molecule has 0 aliphatic carbocycles. The van der Waals surface area contributed by atoms with Gasteiger partial charge in [0.2, 0.25) is 5.91 Å². The number of carbonyl (C=O) groups is 2. The van der Waals surface area contributed by atoms with Crippen LogP contribution in [-0.2, 0) is 16.0 Å². The van der Waals surface area contributed by atoms with Crippen LogP contribution < -0.4 is 5.32 Å². The number of nitrogens with one attached hydrogen (secondary N) is 1. The van der Waals surface area contributed by atoms with Gasteiger partial charge in [-0.25, -0.2) is 4.79 Å². The lowest BCUT2D eigenvalue weighted by molar-refractivity contribution is -0.124. The molecule has 0 bridgehead atoms. The average molecular weight is 364 g/mol. The number of benzene rings is 1. The van der Waals surface area contributed by atoms with Gasteiger partial charge >= 0.3 is 6.09 Å². The number of ether oxygens (including phenoxy) is 1. The van der Waals surface area contributed by atoms with E-state index in [1.54, 1.807) is 20.8 Å². The molecule has 0 spiro atoms. The van der Waals surface area contributed by atoms with Gasteiger partial charge in [-0.15, -0.1) is 0 Å². The summed E-state index contributed by atoms with van der Waals surface area (Å²) in [5, 5.41) is 12.4. The predicted octanol–water partition coefficient (Wildman–Crippen LogP) is 2.74. The minimum Gasteiger partial charge on any atom is -0.444 e. The summed E-state index contributed by atoms with van der Waals surface area (Å²) in [6.07, 6.45) is -0.0193. The molecule has 0 aliphatic heterocycles. The molecule has 0 aromatic heterocycles. The number of carbonyl (C=O) groups excluding carboxylic acids is 2. The van der Waals surface area contributed by atoms with Crippen molar-refractivity contribution in [2.45, 2.75) is 65.1 Å². The fraction of sp³-hybridized carbons (Fsp3) is 0.600. The summed E-state index contributed by atoms with van der Waals surface area (Å²) >= 11 is 0. The number of nitrogens with zero attached hydrogens (tertiary/aromatic N) is 1. The van der Waals surface area contributed by atoms with E-state index in [9.17, 15) is 14.7 Å². The Balaban J connectivity index is 2.74. The highest BCUT2D eigenvalue weighted by Crippen LogP contribution is 2.18. The highest BCUT2D eigenvalue weighted by Gasteiger charge is 2.32. The molecule has 1 aromatic rings. The summed E-state index contributed by atoms with van der Waals surface area (Å²) in [5.74, 6) is -0.333. The Hall–Kier alpha value is -2.08. The summed E-state index contributed by atoms with van der Waals surface area (Å²) in [5.41, 5.74) is -0.196. The quantitative estimate of drug-likeness (QED) is 0.813. The number of aliphatic hydroxyl groups excluding tert-OH is 1. The lowest BCUT2D eigenvalue weighted by Gasteiger charge is -2.36. The van der Waals surface area contributed by atoms with Gasteiger partial charge in [0.25, 0.3) is 0 Å². The first-order valence-electron chi connectivity index (χ1n) is 8.87. The zero-order chi connectivity index (χ0) is 20.0. The van der Waals surface area contributed by atoms with Gasteiger partial charge in [0.1, 0.15) is 12.1 Å². The first kappa shape index (κ1) is 22.0. The Kier molecular flexibility index (Phi) is 7.63. The molecule has 1 aromatic carbocycles. The Labute approximate surface area is 156 Å². The van der Waals surface area contributed by atoms with Gasteiger partial charge in [-0.05, 0) is 53.5 Å². The zero-order valence-electron chi connectivity index (χ0n) is 16.7. The fourth-order valence-electron chi connectivity index (χ4n) is 2.37. The molecule has 6 nitrogen and oxygen atoms in total. The minimum atomic E-state index is -0.641. The topological polar surface area (TPSA) is 78.9 Å². The van der Waals surface area contributed by atoms with E-state index in [0.29, 0.717) is 6.42 Å². The molecule has 0 unspecified atom stereocenters. The Morgan fingerprint density at radius 1 is 1.12 bits per heavy atom. The van der Waals surface area contributed by atoms with Crippen molar-refractivity contribution in [1.29, 1.82) is 0 Å². The maximum atomic E-state index is 12.5. The summed E-state index contributed by atoms with van der Waals surface area (Å²) in [6, 6.07) is 9.21. The lowest BCUT2D eigenvalue weighted by Crippen LogP contribution is -2.53. The van der Waals surface area contributed by atoms with Crippen molar-refractivity contribution >= 4 is 12.0 Å². The van der Waals surface area contributed by atoms with Crippen molar-refractivity contribution in [3.8, 4) is 0 Å². The van der Waals surface area contributed by atoms with Crippen molar-refractivity contribution in [1.82, 2.24) is 10.2 Å². The van der Waals surface area contributed by atoms with Crippen LogP contribution in [0.2, 0.25) is 0 Å². The SMILES string of the molecule is CC(C)(C)OC(=O)N(CC(=O)N[C@H](CO)Cc1ccccc1)C(C)(C)C. The average Bonchev–Trinajstić information content (AvgIpc) is 2.50. The smallest absolute Gasteiger partial charge is 0.411 e. The van der Waals surface area contributed by atoms with Crippen molar-refractivity contribution in [3.63, 3.8) is 0 Å². The molecule has 2 amide bonds. The van der Waals surface area contributed by atoms with E-state index in [0.717, 1.165) is 5.56 Å². The van der Waals surface area contributed by atoms with E-state index in [-0.39, 0.29) is 19.1 Å². The molecule has 0 fully saturated rings. The molecule has 0 saturated heterocycles. The third-order valence-corrected chi connectivity index (χ3v) is 3.64. The highest BCUT2D eigenvalue weighted by molar-refractivity contribution is 5.83. The fourth-order valence-corrected chi connectivity index (χ4v) is 2.37. The van der Waals surface area contributed by atoms with Gasteiger partial charge in [0.15, 0.2) is 0 Å². The Morgan fingerprint density at radius 3 is 2.15 bits per heavy atom. The van der Waals surface area contributed by atoms with Crippen LogP contribution in [0.25, 0.3) is 0 Å². The molecule has 26 heavy (non-hydrogen) atoms. The molecule has 0 heterocycles. The summed E-state index contributed by atoms with van der Waals surface area (Å²) in [7, 11) is 0. The number of aliphatic hydroxyl groups is 1. The molecule has 0 radical (unpaired) electrons. The van der Waals surface area contributed by atoms with Crippen molar-refractivity contribution < 1.29 is 19.4 Å². The van der Waals surface area contributed by atoms with Gasteiger partial charge in [0.05, 0.1) is 12.6 Å². The summed E-state index contributed by atoms with van der Waals surface area (Å²) < 4.78 is 5.41. The van der Waals surface area contributed by atoms with Gasteiger partial charge < -0.3 is 15.2 Å². The van der Waals surface area contributed by atoms with Crippen LogP contribution in [0.4, 0.5) is 4.79 Å². The molecular formula is C20H32N2O4. The van der Waals surface area contributed by atoms with Crippen LogP contribution in [-0.4, -0.2) is 52.3 Å². The van der Waals surface area contributed by atoms with Crippen molar-refractivity contribution in [3.05, 3.63) is 35.9 Å². The molecule has 2 N–H and O–H groups in total. The molecule has 0 aliphatic rings. The molecule has 0 saturated carbocycles. The molecule has 146 valence electrons. The van der Waals surface area contributed by atoms with Gasteiger partial charge in [0, 0.05) is 5.54 Å². The summed E-state index contributed by atoms with van der Waals surface area (Å²) in [6.45, 7) is 10.6. The summed E-state index contributed by atoms with van der Waals surface area (Å²) in [4.78, 5) is 26.3. The molecule has 1 atom stereocenters. The zero-order valence-corrected chi connectivity index (χ0v) is 16.7. The van der Waals surface area contributed by atoms with E-state index in [1.165, 1.54) is 4.90 Å². The standard InChI is InChI=1S/C20H32N2O4/c1-19(2,3)22(18(25)26-20(4,5)6)13-17(24)21-16(14-23)12-15-10-8-7-9-11-15/h7-11,16,23H,12-14H2,1-6H3,(H,21,24)/t16-/m0/s1. The van der Waals surface area contributed by atoms with E-state index >= 15 is 0 Å². The van der Waals surface area contributed by atoms with Crippen LogP contribution in [0, 0.1) is 0 Å². The first-order valence-corrected chi connectivity index (χ1v) is 8.87.